The topological polar surface area (TPSA) is 109 Å². The van der Waals surface area contributed by atoms with Gasteiger partial charge < -0.3 is 14.8 Å². The summed E-state index contributed by atoms with van der Waals surface area (Å²) in [5, 5.41) is 15.5. The molecule has 0 unspecified atom stereocenters. The number of aldehydes is 1. The molecule has 0 saturated carbocycles. The Hall–Kier alpha value is -2.39. The molecule has 0 spiro atoms. The van der Waals surface area contributed by atoms with Crippen molar-refractivity contribution in [2.45, 2.75) is 12.7 Å². The second-order valence-electron chi connectivity index (χ2n) is 2.73. The largest absolute Gasteiger partial charge is 0.490 e. The van der Waals surface area contributed by atoms with Crippen molar-refractivity contribution >= 4 is 18.2 Å². The number of carboxylic acids is 2. The quantitative estimate of drug-likeness (QED) is 0.768. The fraction of sp³-hybridized carbons (Fsp3) is 0.250. The Morgan fingerprint density at radius 1 is 1.39 bits per heavy atom. The predicted molar refractivity (Wildman–Crippen MR) is 48.9 cm³/mol. The standard InChI is InChI=1S/C6H6N2O3.C2HF3O2/c9-4-5-7-1-2-8(5)3-6(10)11;3-2(4,5)1(6)7/h1-2,4H,3H2,(H,10,11);(H,6,7). The molecule has 18 heavy (non-hydrogen) atoms. The lowest BCUT2D eigenvalue weighted by atomic mass is 10.6. The number of halogens is 3. The summed E-state index contributed by atoms with van der Waals surface area (Å²) in [6, 6.07) is 0. The van der Waals surface area contributed by atoms with Gasteiger partial charge in [0, 0.05) is 12.4 Å². The summed E-state index contributed by atoms with van der Waals surface area (Å²) in [6.45, 7) is -0.228. The average molecular weight is 268 g/mol. The lowest BCUT2D eigenvalue weighted by Crippen LogP contribution is -2.21. The first-order valence-corrected chi connectivity index (χ1v) is 4.16. The molecule has 2 N–H and O–H groups in total. The van der Waals surface area contributed by atoms with E-state index < -0.39 is 18.1 Å². The summed E-state index contributed by atoms with van der Waals surface area (Å²) in [4.78, 5) is 32.9. The first kappa shape index (κ1) is 15.6. The minimum atomic E-state index is -5.08. The molecule has 0 aliphatic carbocycles. The van der Waals surface area contributed by atoms with Gasteiger partial charge in [0.25, 0.3) is 0 Å². The normalized spacial score (nSPS) is 10.2. The number of hydrogen-bond donors (Lipinski definition) is 2. The van der Waals surface area contributed by atoms with Crippen LogP contribution in [0.4, 0.5) is 13.2 Å². The Kier molecular flexibility index (Phi) is 5.53. The fourth-order valence-electron chi connectivity index (χ4n) is 0.718. The minimum Gasteiger partial charge on any atom is -0.480 e. The van der Waals surface area contributed by atoms with E-state index in [2.05, 4.69) is 4.98 Å². The van der Waals surface area contributed by atoms with Crippen LogP contribution in [-0.4, -0.2) is 44.2 Å². The number of carbonyl (C=O) groups excluding carboxylic acids is 1. The van der Waals surface area contributed by atoms with E-state index in [4.69, 9.17) is 15.0 Å². The molecule has 0 aliphatic rings. The van der Waals surface area contributed by atoms with Crippen LogP contribution in [0.1, 0.15) is 10.6 Å². The van der Waals surface area contributed by atoms with E-state index in [1.165, 1.54) is 17.0 Å². The van der Waals surface area contributed by atoms with Gasteiger partial charge in [-0.1, -0.05) is 0 Å². The Bertz CT molecular complexity index is 440. The molecule has 0 amide bonds. The van der Waals surface area contributed by atoms with Crippen LogP contribution in [0.25, 0.3) is 0 Å². The second-order valence-corrected chi connectivity index (χ2v) is 2.73. The molecule has 0 atom stereocenters. The molecule has 0 bridgehead atoms. The van der Waals surface area contributed by atoms with E-state index in [-0.39, 0.29) is 12.4 Å². The van der Waals surface area contributed by atoms with E-state index >= 15 is 0 Å². The van der Waals surface area contributed by atoms with Gasteiger partial charge in [-0.05, 0) is 0 Å². The molecule has 0 aromatic carbocycles. The highest BCUT2D eigenvalue weighted by atomic mass is 19.4. The summed E-state index contributed by atoms with van der Waals surface area (Å²) >= 11 is 0. The van der Waals surface area contributed by atoms with Crippen LogP contribution in [0.5, 0.6) is 0 Å². The highest BCUT2D eigenvalue weighted by molar-refractivity contribution is 5.73. The summed E-state index contributed by atoms with van der Waals surface area (Å²) in [6.07, 6.45) is -1.74. The molecule has 0 aliphatic heterocycles. The number of alkyl halides is 3. The highest BCUT2D eigenvalue weighted by Crippen LogP contribution is 2.13. The maximum atomic E-state index is 10.6. The summed E-state index contributed by atoms with van der Waals surface area (Å²) in [7, 11) is 0. The molecule has 10 heteroatoms. The van der Waals surface area contributed by atoms with Gasteiger partial charge in [0.15, 0.2) is 12.1 Å². The van der Waals surface area contributed by atoms with Crippen LogP contribution in [0, 0.1) is 0 Å². The van der Waals surface area contributed by atoms with Gasteiger partial charge in [-0.2, -0.15) is 13.2 Å². The number of nitrogens with zero attached hydrogens (tertiary/aromatic N) is 2. The third kappa shape index (κ3) is 5.63. The number of rotatable bonds is 3. The molecule has 0 saturated heterocycles. The predicted octanol–water partition coefficient (Wildman–Crippen LogP) is 0.413. The van der Waals surface area contributed by atoms with Crippen LogP contribution in [0.2, 0.25) is 0 Å². The molecule has 100 valence electrons. The monoisotopic (exact) mass is 268 g/mol. The van der Waals surface area contributed by atoms with Gasteiger partial charge >= 0.3 is 18.1 Å². The van der Waals surface area contributed by atoms with Crippen molar-refractivity contribution in [2.75, 3.05) is 0 Å². The van der Waals surface area contributed by atoms with E-state index in [9.17, 15) is 22.8 Å². The Morgan fingerprint density at radius 2 is 1.89 bits per heavy atom. The van der Waals surface area contributed by atoms with Gasteiger partial charge in [-0.15, -0.1) is 0 Å². The lowest BCUT2D eigenvalue weighted by Gasteiger charge is -1.96. The molecule has 1 heterocycles. The van der Waals surface area contributed by atoms with E-state index in [1.807, 2.05) is 0 Å². The molecule has 0 radical (unpaired) electrons. The Labute approximate surface area is 97.5 Å². The summed E-state index contributed by atoms with van der Waals surface area (Å²) in [5.74, 6) is -3.62. The molecule has 1 aromatic heterocycles. The van der Waals surface area contributed by atoms with Crippen LogP contribution in [0.3, 0.4) is 0 Å². The van der Waals surface area contributed by atoms with Crippen LogP contribution in [0.15, 0.2) is 12.4 Å². The van der Waals surface area contributed by atoms with E-state index in [0.717, 1.165) is 0 Å². The van der Waals surface area contributed by atoms with Crippen molar-refractivity contribution in [1.29, 1.82) is 0 Å². The molecular formula is C8H7F3N2O5. The second kappa shape index (κ2) is 6.37. The van der Waals surface area contributed by atoms with Crippen molar-refractivity contribution in [3.8, 4) is 0 Å². The van der Waals surface area contributed by atoms with Crippen LogP contribution < -0.4 is 0 Å². The molecule has 1 rings (SSSR count). The zero-order valence-electron chi connectivity index (χ0n) is 8.59. The van der Waals surface area contributed by atoms with Gasteiger partial charge in [0.2, 0.25) is 0 Å². The van der Waals surface area contributed by atoms with Gasteiger partial charge in [0.1, 0.15) is 6.54 Å². The third-order valence-electron chi connectivity index (χ3n) is 1.40. The fourth-order valence-corrected chi connectivity index (χ4v) is 0.718. The maximum absolute atomic E-state index is 10.6. The average Bonchev–Trinajstić information content (AvgIpc) is 2.63. The first-order valence-electron chi connectivity index (χ1n) is 4.16. The number of imidazole rings is 1. The molecule has 7 nitrogen and oxygen atoms in total. The Balaban J connectivity index is 0.000000360. The van der Waals surface area contributed by atoms with Crippen LogP contribution in [-0.2, 0) is 16.1 Å². The van der Waals surface area contributed by atoms with Crippen molar-refractivity contribution in [3.05, 3.63) is 18.2 Å². The van der Waals surface area contributed by atoms with E-state index in [1.54, 1.807) is 0 Å². The van der Waals surface area contributed by atoms with Gasteiger partial charge in [0.05, 0.1) is 0 Å². The lowest BCUT2D eigenvalue weighted by molar-refractivity contribution is -0.192. The summed E-state index contributed by atoms with van der Waals surface area (Å²) < 4.78 is 33.0. The zero-order chi connectivity index (χ0) is 14.3. The number of aliphatic carboxylic acids is 2. The number of carbonyl (C=O) groups is 3. The van der Waals surface area contributed by atoms with Gasteiger partial charge in [-0.3, -0.25) is 9.59 Å². The Morgan fingerprint density at radius 3 is 2.22 bits per heavy atom. The molecule has 0 fully saturated rings. The van der Waals surface area contributed by atoms with Crippen molar-refractivity contribution < 1.29 is 37.8 Å². The highest BCUT2D eigenvalue weighted by Gasteiger charge is 2.38. The van der Waals surface area contributed by atoms with Crippen LogP contribution >= 0.6 is 0 Å². The molecular weight excluding hydrogens is 261 g/mol. The van der Waals surface area contributed by atoms with Gasteiger partial charge in [-0.25, -0.2) is 9.78 Å². The van der Waals surface area contributed by atoms with Crippen molar-refractivity contribution in [1.82, 2.24) is 9.55 Å². The SMILES string of the molecule is O=C(O)C(F)(F)F.O=Cc1nccn1CC(=O)O. The first-order chi connectivity index (χ1) is 8.18. The van der Waals surface area contributed by atoms with Crippen molar-refractivity contribution in [2.24, 2.45) is 0 Å². The summed E-state index contributed by atoms with van der Waals surface area (Å²) in [5.41, 5.74) is 0. The van der Waals surface area contributed by atoms with Crippen molar-refractivity contribution in [3.63, 3.8) is 0 Å². The number of hydrogen-bond acceptors (Lipinski definition) is 4. The molecule has 1 aromatic rings. The number of carboxylic acid groups (broad SMARTS) is 2. The van der Waals surface area contributed by atoms with E-state index in [0.29, 0.717) is 6.29 Å². The zero-order valence-corrected chi connectivity index (χ0v) is 8.59. The third-order valence-corrected chi connectivity index (χ3v) is 1.40. The maximum Gasteiger partial charge on any atom is 0.490 e. The number of aromatic nitrogens is 2. The minimum absolute atomic E-state index is 0.132. The smallest absolute Gasteiger partial charge is 0.480 e.